The van der Waals surface area contributed by atoms with Gasteiger partial charge in [0.2, 0.25) is 0 Å². The average Bonchev–Trinajstić information content (AvgIpc) is 3.02. The van der Waals surface area contributed by atoms with E-state index >= 15 is 0 Å². The summed E-state index contributed by atoms with van der Waals surface area (Å²) in [6.07, 6.45) is 11.0. The summed E-state index contributed by atoms with van der Waals surface area (Å²) in [5.74, 6) is 0. The van der Waals surface area contributed by atoms with Crippen molar-refractivity contribution in [3.8, 4) is 22.3 Å². The van der Waals surface area contributed by atoms with Crippen LogP contribution >= 0.6 is 0 Å². The Labute approximate surface area is 232 Å². The lowest BCUT2D eigenvalue weighted by Crippen LogP contribution is -2.05. The minimum absolute atomic E-state index is 0.953. The highest BCUT2D eigenvalue weighted by atomic mass is 14.7. The molecule has 40 heavy (non-hydrogen) atoms. The summed E-state index contributed by atoms with van der Waals surface area (Å²) in [6, 6.07) is 37.9. The van der Waals surface area contributed by atoms with Crippen LogP contribution in [0.3, 0.4) is 0 Å². The highest BCUT2D eigenvalue weighted by molar-refractivity contribution is 6.22. The van der Waals surface area contributed by atoms with E-state index in [1.807, 2.05) is 6.20 Å². The molecule has 0 N–H and O–H groups in total. The quantitative estimate of drug-likeness (QED) is 0.212. The zero-order valence-electron chi connectivity index (χ0n) is 22.0. The second-order valence-corrected chi connectivity index (χ2v) is 11.0. The number of fused-ring (bicyclic) bond motifs is 3. The number of hydrogen-bond acceptors (Lipinski definition) is 1. The highest BCUT2D eigenvalue weighted by Crippen LogP contribution is 2.48. The molecule has 0 unspecified atom stereocenters. The number of aromatic nitrogens is 1. The van der Waals surface area contributed by atoms with Gasteiger partial charge in [-0.25, -0.2) is 0 Å². The van der Waals surface area contributed by atoms with E-state index in [0.717, 1.165) is 18.4 Å². The maximum Gasteiger partial charge on any atom is 0.0792 e. The third-order valence-electron chi connectivity index (χ3n) is 8.92. The molecule has 6 aromatic carbocycles. The fourth-order valence-electron chi connectivity index (χ4n) is 7.19. The van der Waals surface area contributed by atoms with E-state index in [1.54, 1.807) is 0 Å². The van der Waals surface area contributed by atoms with Crippen LogP contribution < -0.4 is 0 Å². The molecule has 9 rings (SSSR count). The summed E-state index contributed by atoms with van der Waals surface area (Å²) in [5.41, 5.74) is 11.8. The van der Waals surface area contributed by atoms with E-state index in [-0.39, 0.29) is 0 Å². The molecule has 0 radical (unpaired) electrons. The molecule has 0 saturated carbocycles. The largest absolute Gasteiger partial charge is 0.256 e. The van der Waals surface area contributed by atoms with E-state index < -0.39 is 0 Å². The second-order valence-electron chi connectivity index (χ2n) is 11.0. The van der Waals surface area contributed by atoms with E-state index in [2.05, 4.69) is 121 Å². The van der Waals surface area contributed by atoms with Crippen LogP contribution in [0.1, 0.15) is 23.1 Å². The van der Waals surface area contributed by atoms with Crippen LogP contribution in [-0.4, -0.2) is 4.98 Å². The summed E-state index contributed by atoms with van der Waals surface area (Å²) in [6.45, 7) is 0. The maximum atomic E-state index is 5.05. The van der Waals surface area contributed by atoms with E-state index in [1.165, 1.54) is 82.2 Å². The molecule has 1 aromatic heterocycles. The Bertz CT molecular complexity index is 2210. The van der Waals surface area contributed by atoms with Crippen molar-refractivity contribution in [3.05, 3.63) is 138 Å². The molecule has 0 spiro atoms. The van der Waals surface area contributed by atoms with Crippen molar-refractivity contribution >= 4 is 54.9 Å². The number of pyridine rings is 1. The lowest BCUT2D eigenvalue weighted by molar-refractivity contribution is 1.23. The number of nitrogens with zero attached hydrogens (tertiary/aromatic N) is 1. The topological polar surface area (TPSA) is 12.9 Å². The van der Waals surface area contributed by atoms with Gasteiger partial charge < -0.3 is 0 Å². The van der Waals surface area contributed by atoms with E-state index in [9.17, 15) is 0 Å². The molecule has 7 aromatic rings. The van der Waals surface area contributed by atoms with Gasteiger partial charge in [-0.15, -0.1) is 0 Å². The van der Waals surface area contributed by atoms with Crippen molar-refractivity contribution in [1.29, 1.82) is 0 Å². The number of hydrogen-bond donors (Lipinski definition) is 0. The van der Waals surface area contributed by atoms with Crippen molar-refractivity contribution in [2.24, 2.45) is 0 Å². The molecule has 1 heterocycles. The molecular weight excluding hydrogens is 482 g/mol. The minimum atomic E-state index is 0.953. The monoisotopic (exact) mass is 507 g/mol. The molecule has 2 aliphatic carbocycles. The van der Waals surface area contributed by atoms with E-state index in [0.29, 0.717) is 0 Å². The van der Waals surface area contributed by atoms with Crippen molar-refractivity contribution in [2.45, 2.75) is 12.8 Å². The molecule has 186 valence electrons. The Morgan fingerprint density at radius 3 is 2.27 bits per heavy atom. The van der Waals surface area contributed by atoms with Gasteiger partial charge in [0.25, 0.3) is 0 Å². The smallest absolute Gasteiger partial charge is 0.0792 e. The van der Waals surface area contributed by atoms with Crippen molar-refractivity contribution < 1.29 is 0 Å². The van der Waals surface area contributed by atoms with Gasteiger partial charge in [0.1, 0.15) is 0 Å². The lowest BCUT2D eigenvalue weighted by Gasteiger charge is -2.26. The van der Waals surface area contributed by atoms with Gasteiger partial charge in [-0.1, -0.05) is 109 Å². The summed E-state index contributed by atoms with van der Waals surface area (Å²) >= 11 is 0. The van der Waals surface area contributed by atoms with Gasteiger partial charge in [0, 0.05) is 17.1 Å². The summed E-state index contributed by atoms with van der Waals surface area (Å²) < 4.78 is 0. The Morgan fingerprint density at radius 2 is 1.35 bits per heavy atom. The summed E-state index contributed by atoms with van der Waals surface area (Å²) in [7, 11) is 0. The molecule has 0 aliphatic heterocycles. The number of rotatable bonds is 2. The van der Waals surface area contributed by atoms with Crippen LogP contribution in [0.2, 0.25) is 0 Å². The Morgan fingerprint density at radius 1 is 0.575 bits per heavy atom. The molecule has 0 bridgehead atoms. The van der Waals surface area contributed by atoms with Gasteiger partial charge in [-0.3, -0.25) is 4.98 Å². The SMILES string of the molecule is C1=Cc2ccc3ccc(-c4c5ccccc5c(-c5ccc6ccccc6c5)c5ncccc45)c4c3c2C(=CC4)C1. The van der Waals surface area contributed by atoms with Crippen LogP contribution in [0.5, 0.6) is 0 Å². The minimum Gasteiger partial charge on any atom is -0.256 e. The van der Waals surface area contributed by atoms with Crippen LogP contribution in [0.4, 0.5) is 0 Å². The molecule has 1 nitrogen and oxygen atoms in total. The summed E-state index contributed by atoms with van der Waals surface area (Å²) in [4.78, 5) is 5.05. The van der Waals surface area contributed by atoms with Gasteiger partial charge in [-0.05, 0) is 96.2 Å². The fourth-order valence-corrected chi connectivity index (χ4v) is 7.19. The van der Waals surface area contributed by atoms with Crippen LogP contribution in [0, 0.1) is 0 Å². The molecule has 0 amide bonds. The highest BCUT2D eigenvalue weighted by Gasteiger charge is 2.24. The second kappa shape index (κ2) is 8.24. The average molecular weight is 508 g/mol. The molecule has 2 aliphatic rings. The van der Waals surface area contributed by atoms with Crippen molar-refractivity contribution in [2.75, 3.05) is 0 Å². The predicted molar refractivity (Wildman–Crippen MR) is 170 cm³/mol. The van der Waals surface area contributed by atoms with Crippen molar-refractivity contribution in [3.63, 3.8) is 0 Å². The Balaban J connectivity index is 1.41. The third kappa shape index (κ3) is 3.01. The molecule has 1 heteroatoms. The zero-order valence-corrected chi connectivity index (χ0v) is 22.0. The molecule has 0 atom stereocenters. The van der Waals surface area contributed by atoms with Crippen molar-refractivity contribution in [1.82, 2.24) is 4.98 Å². The molecule has 0 saturated heterocycles. The first-order valence-corrected chi connectivity index (χ1v) is 14.1. The lowest BCUT2D eigenvalue weighted by atomic mass is 9.78. The molecule has 0 fully saturated rings. The predicted octanol–water partition coefficient (Wildman–Crippen LogP) is 10.4. The number of benzene rings is 6. The van der Waals surface area contributed by atoms with Gasteiger partial charge in [0.05, 0.1) is 5.52 Å². The normalized spacial score (nSPS) is 13.8. The van der Waals surface area contributed by atoms with Crippen LogP contribution in [0.15, 0.2) is 121 Å². The maximum absolute atomic E-state index is 5.05. The molecular formula is C39H25N. The zero-order chi connectivity index (χ0) is 26.2. The van der Waals surface area contributed by atoms with Gasteiger partial charge >= 0.3 is 0 Å². The Hall–Kier alpha value is -5.01. The standard InChI is InChI=1S/C39H25N/c1-2-8-28-23-29(17-14-24(28)7-1)37-30-11-3-4-12-31(30)38(34-13-6-22-40-39(34)37)33-21-19-27-16-15-25-9-5-10-26-18-20-32(33)36(27)35(25)26/h1-9,11-19,21-23H,10,20H2. The fraction of sp³-hybridized carbons (Fsp3) is 0.0513. The van der Waals surface area contributed by atoms with Gasteiger partial charge in [-0.2, -0.15) is 0 Å². The number of allylic oxidation sites excluding steroid dienone is 3. The van der Waals surface area contributed by atoms with Gasteiger partial charge in [0.15, 0.2) is 0 Å². The first-order chi connectivity index (χ1) is 19.8. The summed E-state index contributed by atoms with van der Waals surface area (Å²) in [5, 5.41) is 8.99. The van der Waals surface area contributed by atoms with Crippen LogP contribution in [0.25, 0.3) is 77.1 Å². The Kier molecular flexibility index (Phi) is 4.51. The van der Waals surface area contributed by atoms with Crippen LogP contribution in [-0.2, 0) is 6.42 Å². The first kappa shape index (κ1) is 21.9. The first-order valence-electron chi connectivity index (χ1n) is 14.1. The van der Waals surface area contributed by atoms with E-state index in [4.69, 9.17) is 4.98 Å². The third-order valence-corrected chi connectivity index (χ3v) is 8.92.